The van der Waals surface area contributed by atoms with Gasteiger partial charge >= 0.3 is 5.97 Å². The quantitative estimate of drug-likeness (QED) is 0.536. The van der Waals surface area contributed by atoms with E-state index in [0.717, 1.165) is 5.56 Å². The molecule has 0 aliphatic carbocycles. The molecule has 0 saturated heterocycles. The fourth-order valence-corrected chi connectivity index (χ4v) is 0.742. The third-order valence-corrected chi connectivity index (χ3v) is 1.37. The summed E-state index contributed by atoms with van der Waals surface area (Å²) in [6.45, 7) is 5.91. The maximum atomic E-state index is 10.7. The van der Waals surface area contributed by atoms with Gasteiger partial charge in [0.2, 0.25) is 0 Å². The lowest BCUT2D eigenvalue weighted by molar-refractivity contribution is -0.182. The van der Waals surface area contributed by atoms with Crippen molar-refractivity contribution < 1.29 is 14.9 Å². The number of aryl methyl sites for hydroxylation is 1. The Morgan fingerprint density at radius 2 is 1.69 bits per heavy atom. The van der Waals surface area contributed by atoms with E-state index in [1.54, 1.807) is 24.3 Å². The highest BCUT2D eigenvalue weighted by atomic mass is 17.1. The summed E-state index contributed by atoms with van der Waals surface area (Å²) in [4.78, 5) is 14.2. The molecule has 13 heavy (non-hydrogen) atoms. The summed E-state index contributed by atoms with van der Waals surface area (Å²) in [5, 5.41) is 8.01. The summed E-state index contributed by atoms with van der Waals surface area (Å²) in [6, 6.07) is 6.72. The van der Waals surface area contributed by atoms with Gasteiger partial charge in [-0.05, 0) is 19.1 Å². The van der Waals surface area contributed by atoms with Crippen molar-refractivity contribution in [2.75, 3.05) is 0 Å². The summed E-state index contributed by atoms with van der Waals surface area (Å²) < 4.78 is 0. The molecule has 0 spiro atoms. The number of hydrogen-bond donors (Lipinski definition) is 1. The van der Waals surface area contributed by atoms with Gasteiger partial charge in [-0.15, -0.1) is 0 Å². The first-order valence-electron chi connectivity index (χ1n) is 4.16. The van der Waals surface area contributed by atoms with E-state index in [0.29, 0.717) is 5.56 Å². The molecule has 0 radical (unpaired) electrons. The standard InChI is InChI=1S/C8H8O3.C2H6/c1-6-2-4-7(5-3-6)8(9)11-10;1-2/h2-5,10H,1H3;1-2H3. The minimum atomic E-state index is -0.731. The van der Waals surface area contributed by atoms with Crippen molar-refractivity contribution in [2.45, 2.75) is 20.8 Å². The van der Waals surface area contributed by atoms with Gasteiger partial charge in [0, 0.05) is 0 Å². The molecule has 0 atom stereocenters. The Morgan fingerprint density at radius 3 is 2.08 bits per heavy atom. The molecule has 0 unspecified atom stereocenters. The average Bonchev–Trinajstić information content (AvgIpc) is 2.21. The molecule has 1 aromatic carbocycles. The van der Waals surface area contributed by atoms with Crippen LogP contribution in [0.15, 0.2) is 24.3 Å². The minimum absolute atomic E-state index is 0.345. The van der Waals surface area contributed by atoms with Crippen molar-refractivity contribution >= 4 is 5.97 Å². The van der Waals surface area contributed by atoms with Gasteiger partial charge < -0.3 is 0 Å². The van der Waals surface area contributed by atoms with Gasteiger partial charge in [0.25, 0.3) is 0 Å². The first kappa shape index (κ1) is 11.6. The van der Waals surface area contributed by atoms with Gasteiger partial charge in [-0.3, -0.25) is 4.89 Å². The molecular formula is C10H14O3. The lowest BCUT2D eigenvalue weighted by Crippen LogP contribution is -2.00. The molecule has 3 nitrogen and oxygen atoms in total. The van der Waals surface area contributed by atoms with E-state index in [-0.39, 0.29) is 0 Å². The molecule has 1 N–H and O–H groups in total. The Bertz CT molecular complexity index is 251. The van der Waals surface area contributed by atoms with Crippen molar-refractivity contribution in [3.63, 3.8) is 0 Å². The van der Waals surface area contributed by atoms with Gasteiger partial charge in [0.15, 0.2) is 0 Å². The van der Waals surface area contributed by atoms with Crippen LogP contribution in [0.5, 0.6) is 0 Å². The van der Waals surface area contributed by atoms with Crippen LogP contribution in [0.2, 0.25) is 0 Å². The molecular weight excluding hydrogens is 168 g/mol. The summed E-state index contributed by atoms with van der Waals surface area (Å²) in [5.41, 5.74) is 1.40. The van der Waals surface area contributed by atoms with Gasteiger partial charge in [0.1, 0.15) is 0 Å². The second-order valence-electron chi connectivity index (χ2n) is 2.24. The number of hydrogen-bond acceptors (Lipinski definition) is 3. The Labute approximate surface area is 77.9 Å². The smallest absolute Gasteiger partial charge is 0.296 e. The molecule has 0 aliphatic heterocycles. The van der Waals surface area contributed by atoms with Crippen LogP contribution in [0.3, 0.4) is 0 Å². The van der Waals surface area contributed by atoms with Crippen molar-refractivity contribution in [2.24, 2.45) is 0 Å². The van der Waals surface area contributed by atoms with E-state index in [1.807, 2.05) is 20.8 Å². The monoisotopic (exact) mass is 182 g/mol. The largest absolute Gasteiger partial charge is 0.372 e. The topological polar surface area (TPSA) is 46.5 Å². The minimum Gasteiger partial charge on any atom is -0.296 e. The zero-order chi connectivity index (χ0) is 10.3. The average molecular weight is 182 g/mol. The molecule has 3 heteroatoms. The predicted molar refractivity (Wildman–Crippen MR) is 50.6 cm³/mol. The first-order valence-corrected chi connectivity index (χ1v) is 4.16. The van der Waals surface area contributed by atoms with E-state index < -0.39 is 5.97 Å². The molecule has 0 amide bonds. The van der Waals surface area contributed by atoms with Crippen molar-refractivity contribution in [1.82, 2.24) is 0 Å². The molecule has 0 bridgehead atoms. The molecule has 1 rings (SSSR count). The zero-order valence-corrected chi connectivity index (χ0v) is 8.07. The third kappa shape index (κ3) is 3.71. The van der Waals surface area contributed by atoms with Crippen LogP contribution in [0.25, 0.3) is 0 Å². The molecule has 0 fully saturated rings. The number of carbonyl (C=O) groups is 1. The summed E-state index contributed by atoms with van der Waals surface area (Å²) in [6.07, 6.45) is 0. The number of rotatable bonds is 1. The van der Waals surface area contributed by atoms with E-state index in [4.69, 9.17) is 5.26 Å². The lowest BCUT2D eigenvalue weighted by Gasteiger charge is -1.95. The third-order valence-electron chi connectivity index (χ3n) is 1.37. The van der Waals surface area contributed by atoms with Crippen LogP contribution in [-0.2, 0) is 4.89 Å². The van der Waals surface area contributed by atoms with Gasteiger partial charge in [0.05, 0.1) is 5.56 Å². The van der Waals surface area contributed by atoms with Gasteiger partial charge in [-0.25, -0.2) is 4.79 Å². The van der Waals surface area contributed by atoms with Crippen LogP contribution >= 0.6 is 0 Å². The van der Waals surface area contributed by atoms with E-state index in [2.05, 4.69) is 4.89 Å². The van der Waals surface area contributed by atoms with Crippen molar-refractivity contribution in [3.8, 4) is 0 Å². The molecule has 1 aromatic rings. The maximum absolute atomic E-state index is 10.7. The lowest BCUT2D eigenvalue weighted by atomic mass is 10.2. The predicted octanol–water partition coefficient (Wildman–Crippen LogP) is 2.65. The summed E-state index contributed by atoms with van der Waals surface area (Å²) in [5.74, 6) is -0.731. The second-order valence-corrected chi connectivity index (χ2v) is 2.24. The number of carbonyl (C=O) groups excluding carboxylic acids is 1. The van der Waals surface area contributed by atoms with Crippen molar-refractivity contribution in [3.05, 3.63) is 35.4 Å². The van der Waals surface area contributed by atoms with E-state index in [9.17, 15) is 4.79 Å². The fraction of sp³-hybridized carbons (Fsp3) is 0.300. The van der Waals surface area contributed by atoms with Crippen LogP contribution < -0.4 is 0 Å². The Balaban J connectivity index is 0.000000671. The molecule has 0 aliphatic rings. The highest BCUT2D eigenvalue weighted by Crippen LogP contribution is 2.03. The highest BCUT2D eigenvalue weighted by molar-refractivity contribution is 5.88. The second kappa shape index (κ2) is 6.20. The van der Waals surface area contributed by atoms with E-state index >= 15 is 0 Å². The Morgan fingerprint density at radius 1 is 1.23 bits per heavy atom. The SMILES string of the molecule is CC.Cc1ccc(C(=O)OO)cc1. The fourth-order valence-electron chi connectivity index (χ4n) is 0.742. The summed E-state index contributed by atoms with van der Waals surface area (Å²) in [7, 11) is 0. The van der Waals surface area contributed by atoms with E-state index in [1.165, 1.54) is 0 Å². The maximum Gasteiger partial charge on any atom is 0.372 e. The Hall–Kier alpha value is -1.35. The zero-order valence-electron chi connectivity index (χ0n) is 8.07. The van der Waals surface area contributed by atoms with Crippen molar-refractivity contribution in [1.29, 1.82) is 0 Å². The summed E-state index contributed by atoms with van der Waals surface area (Å²) >= 11 is 0. The molecule has 72 valence electrons. The van der Waals surface area contributed by atoms with Crippen LogP contribution in [0.4, 0.5) is 0 Å². The molecule has 0 saturated carbocycles. The normalized spacial score (nSPS) is 8.31. The first-order chi connectivity index (χ1) is 6.24. The van der Waals surface area contributed by atoms with Gasteiger partial charge in [-0.1, -0.05) is 31.5 Å². The number of benzene rings is 1. The van der Waals surface area contributed by atoms with Crippen LogP contribution in [0.1, 0.15) is 29.8 Å². The Kier molecular flexibility index (Phi) is 5.55. The molecule has 0 aromatic heterocycles. The van der Waals surface area contributed by atoms with Gasteiger partial charge in [-0.2, -0.15) is 5.26 Å². The van der Waals surface area contributed by atoms with Crippen LogP contribution in [0, 0.1) is 6.92 Å². The van der Waals surface area contributed by atoms with Crippen LogP contribution in [-0.4, -0.2) is 11.2 Å². The molecule has 0 heterocycles. The highest BCUT2D eigenvalue weighted by Gasteiger charge is 2.04.